The van der Waals surface area contributed by atoms with Gasteiger partial charge in [0.25, 0.3) is 0 Å². The van der Waals surface area contributed by atoms with Gasteiger partial charge in [-0.25, -0.2) is 13.8 Å². The summed E-state index contributed by atoms with van der Waals surface area (Å²) in [6.45, 7) is 7.88. The van der Waals surface area contributed by atoms with Crippen molar-refractivity contribution in [2.24, 2.45) is 0 Å². The Morgan fingerprint density at radius 2 is 1.60 bits per heavy atom. The van der Waals surface area contributed by atoms with Crippen molar-refractivity contribution in [1.29, 1.82) is 0 Å². The predicted molar refractivity (Wildman–Crippen MR) is 115 cm³/mol. The molecule has 0 aliphatic heterocycles. The lowest BCUT2D eigenvalue weighted by Gasteiger charge is -2.17. The van der Waals surface area contributed by atoms with Gasteiger partial charge in [0.2, 0.25) is 0 Å². The van der Waals surface area contributed by atoms with E-state index in [1.807, 2.05) is 24.3 Å². The smallest absolute Gasteiger partial charge is 0.159 e. The molecule has 0 spiro atoms. The molecule has 2 aromatic carbocycles. The molecule has 1 heterocycles. The fourth-order valence-corrected chi connectivity index (χ4v) is 2.92. The standard InChI is InChI=1S/C25H24F2N2O/c1-3-29(4-2)15-16-30-23-12-6-19(7-13-23)5-10-22-11-8-21(18-28-22)20-9-14-24(26)25(27)17-20/h6-9,11-14,17-18H,3-4,15-16H2,1-2H3. The monoisotopic (exact) mass is 406 g/mol. The number of aromatic nitrogens is 1. The molecule has 0 N–H and O–H groups in total. The highest BCUT2D eigenvalue weighted by Gasteiger charge is 2.05. The molecule has 5 heteroatoms. The van der Waals surface area contributed by atoms with Crippen molar-refractivity contribution in [3.8, 4) is 28.7 Å². The largest absolute Gasteiger partial charge is 0.492 e. The van der Waals surface area contributed by atoms with Crippen LogP contribution in [0.3, 0.4) is 0 Å². The quantitative estimate of drug-likeness (QED) is 0.508. The SMILES string of the molecule is CCN(CC)CCOc1ccc(C#Cc2ccc(-c3ccc(F)c(F)c3)cn2)cc1. The van der Waals surface area contributed by atoms with Crippen LogP contribution in [-0.2, 0) is 0 Å². The summed E-state index contributed by atoms with van der Waals surface area (Å²) in [7, 11) is 0. The average Bonchev–Trinajstić information content (AvgIpc) is 2.78. The van der Waals surface area contributed by atoms with Crippen LogP contribution in [0.1, 0.15) is 25.1 Å². The van der Waals surface area contributed by atoms with Gasteiger partial charge in [-0.05, 0) is 67.0 Å². The summed E-state index contributed by atoms with van der Waals surface area (Å²) in [5.41, 5.74) is 2.72. The summed E-state index contributed by atoms with van der Waals surface area (Å²) in [5, 5.41) is 0. The van der Waals surface area contributed by atoms with E-state index in [0.717, 1.165) is 43.1 Å². The predicted octanol–water partition coefficient (Wildman–Crippen LogP) is 5.15. The van der Waals surface area contributed by atoms with E-state index in [2.05, 4.69) is 35.6 Å². The minimum atomic E-state index is -0.878. The van der Waals surface area contributed by atoms with E-state index in [4.69, 9.17) is 4.74 Å². The average molecular weight is 406 g/mol. The summed E-state index contributed by atoms with van der Waals surface area (Å²) in [6, 6.07) is 15.0. The van der Waals surface area contributed by atoms with Crippen LogP contribution in [0.2, 0.25) is 0 Å². The first kappa shape index (κ1) is 21.5. The molecule has 0 aliphatic rings. The van der Waals surface area contributed by atoms with Crippen molar-refractivity contribution < 1.29 is 13.5 Å². The molecule has 0 atom stereocenters. The van der Waals surface area contributed by atoms with Crippen LogP contribution >= 0.6 is 0 Å². The molecule has 0 amide bonds. The van der Waals surface area contributed by atoms with E-state index < -0.39 is 11.6 Å². The van der Waals surface area contributed by atoms with Crippen molar-refractivity contribution >= 4 is 0 Å². The Labute approximate surface area is 176 Å². The minimum Gasteiger partial charge on any atom is -0.492 e. The molecule has 154 valence electrons. The molecule has 3 rings (SSSR count). The van der Waals surface area contributed by atoms with Crippen molar-refractivity contribution in [1.82, 2.24) is 9.88 Å². The number of pyridine rings is 1. The molecule has 0 aliphatic carbocycles. The van der Waals surface area contributed by atoms with E-state index in [9.17, 15) is 8.78 Å². The fraction of sp³-hybridized carbons (Fsp3) is 0.240. The minimum absolute atomic E-state index is 0.567. The van der Waals surface area contributed by atoms with Crippen LogP contribution in [0.25, 0.3) is 11.1 Å². The van der Waals surface area contributed by atoms with Crippen LogP contribution < -0.4 is 4.74 Å². The third-order valence-electron chi connectivity index (χ3n) is 4.78. The van der Waals surface area contributed by atoms with Crippen LogP contribution in [0.4, 0.5) is 8.78 Å². The van der Waals surface area contributed by atoms with Gasteiger partial charge in [0.15, 0.2) is 11.6 Å². The van der Waals surface area contributed by atoms with Crippen molar-refractivity contribution in [2.75, 3.05) is 26.2 Å². The fourth-order valence-electron chi connectivity index (χ4n) is 2.92. The first-order valence-corrected chi connectivity index (χ1v) is 9.97. The van der Waals surface area contributed by atoms with Gasteiger partial charge in [0, 0.05) is 23.9 Å². The van der Waals surface area contributed by atoms with E-state index in [-0.39, 0.29) is 0 Å². The summed E-state index contributed by atoms with van der Waals surface area (Å²) in [6.07, 6.45) is 1.60. The Hall–Kier alpha value is -3.23. The highest BCUT2D eigenvalue weighted by atomic mass is 19.2. The summed E-state index contributed by atoms with van der Waals surface area (Å²) < 4.78 is 32.2. The molecule has 3 nitrogen and oxygen atoms in total. The van der Waals surface area contributed by atoms with Crippen LogP contribution in [0.15, 0.2) is 60.8 Å². The Bertz CT molecular complexity index is 1020. The molecular weight excluding hydrogens is 382 g/mol. The molecule has 0 bridgehead atoms. The van der Waals surface area contributed by atoms with Gasteiger partial charge in [0.1, 0.15) is 18.1 Å². The van der Waals surface area contributed by atoms with Crippen LogP contribution in [0, 0.1) is 23.5 Å². The molecular formula is C25H24F2N2O. The number of hydrogen-bond acceptors (Lipinski definition) is 3. The van der Waals surface area contributed by atoms with Gasteiger partial charge in [-0.3, -0.25) is 0 Å². The van der Waals surface area contributed by atoms with E-state index in [1.54, 1.807) is 18.3 Å². The lowest BCUT2D eigenvalue weighted by molar-refractivity contribution is 0.223. The molecule has 0 saturated heterocycles. The number of benzene rings is 2. The van der Waals surface area contributed by atoms with Crippen LogP contribution in [-0.4, -0.2) is 36.1 Å². The summed E-state index contributed by atoms with van der Waals surface area (Å²) in [5.74, 6) is 5.16. The molecule has 1 aromatic heterocycles. The van der Waals surface area contributed by atoms with Crippen LogP contribution in [0.5, 0.6) is 5.75 Å². The van der Waals surface area contributed by atoms with E-state index >= 15 is 0 Å². The topological polar surface area (TPSA) is 25.4 Å². The number of ether oxygens (including phenoxy) is 1. The first-order chi connectivity index (χ1) is 14.6. The third kappa shape index (κ3) is 5.88. The second kappa shape index (κ2) is 10.5. The molecule has 0 saturated carbocycles. The van der Waals surface area contributed by atoms with E-state index in [0.29, 0.717) is 23.4 Å². The lowest BCUT2D eigenvalue weighted by Crippen LogP contribution is -2.27. The maximum atomic E-state index is 13.4. The van der Waals surface area contributed by atoms with Gasteiger partial charge in [-0.2, -0.15) is 0 Å². The second-order valence-electron chi connectivity index (χ2n) is 6.71. The first-order valence-electron chi connectivity index (χ1n) is 9.97. The molecule has 0 radical (unpaired) electrons. The maximum Gasteiger partial charge on any atom is 0.159 e. The van der Waals surface area contributed by atoms with Crippen molar-refractivity contribution in [3.05, 3.63) is 83.7 Å². The number of nitrogens with zero attached hydrogens (tertiary/aromatic N) is 2. The molecule has 0 fully saturated rings. The Balaban J connectivity index is 1.59. The highest BCUT2D eigenvalue weighted by molar-refractivity contribution is 5.63. The molecule has 3 aromatic rings. The van der Waals surface area contributed by atoms with Gasteiger partial charge < -0.3 is 9.64 Å². The highest BCUT2D eigenvalue weighted by Crippen LogP contribution is 2.21. The Kier molecular flexibility index (Phi) is 7.53. The molecule has 0 unspecified atom stereocenters. The lowest BCUT2D eigenvalue weighted by atomic mass is 10.1. The van der Waals surface area contributed by atoms with Gasteiger partial charge in [-0.1, -0.05) is 31.9 Å². The zero-order chi connectivity index (χ0) is 21.3. The van der Waals surface area contributed by atoms with E-state index in [1.165, 1.54) is 6.07 Å². The van der Waals surface area contributed by atoms with Gasteiger partial charge in [-0.15, -0.1) is 0 Å². The van der Waals surface area contributed by atoms with Crippen molar-refractivity contribution in [2.45, 2.75) is 13.8 Å². The Morgan fingerprint density at radius 1 is 0.867 bits per heavy atom. The molecule has 30 heavy (non-hydrogen) atoms. The zero-order valence-electron chi connectivity index (χ0n) is 17.2. The Morgan fingerprint density at radius 3 is 2.23 bits per heavy atom. The normalized spacial score (nSPS) is 10.6. The maximum absolute atomic E-state index is 13.4. The summed E-state index contributed by atoms with van der Waals surface area (Å²) >= 11 is 0. The van der Waals surface area contributed by atoms with Crippen molar-refractivity contribution in [3.63, 3.8) is 0 Å². The summed E-state index contributed by atoms with van der Waals surface area (Å²) in [4.78, 5) is 6.60. The number of hydrogen-bond donors (Lipinski definition) is 0. The van der Waals surface area contributed by atoms with Gasteiger partial charge >= 0.3 is 0 Å². The second-order valence-corrected chi connectivity index (χ2v) is 6.71. The van der Waals surface area contributed by atoms with Gasteiger partial charge in [0.05, 0.1) is 0 Å². The zero-order valence-corrected chi connectivity index (χ0v) is 17.2. The number of rotatable bonds is 7. The third-order valence-corrected chi connectivity index (χ3v) is 4.78. The number of halogens is 2. The number of likely N-dealkylation sites (N-methyl/N-ethyl adjacent to an activating group) is 1.